The van der Waals surface area contributed by atoms with E-state index in [0.29, 0.717) is 5.39 Å². The number of ether oxygens (including phenoxy) is 1. The van der Waals surface area contributed by atoms with Crippen molar-refractivity contribution in [2.45, 2.75) is 31.0 Å². The van der Waals surface area contributed by atoms with Gasteiger partial charge in [0.2, 0.25) is 5.95 Å². The zero-order chi connectivity index (χ0) is 17.6. The molecule has 1 unspecified atom stereocenters. The maximum Gasteiger partial charge on any atom is 0.250 e. The van der Waals surface area contributed by atoms with Crippen LogP contribution >= 0.6 is 0 Å². The molecule has 1 aliphatic heterocycles. The average Bonchev–Trinajstić information content (AvgIpc) is 3.03. The molecule has 3 rings (SSSR count). The zero-order valence-electron chi connectivity index (χ0n) is 13.1. The fourth-order valence-electron chi connectivity index (χ4n) is 2.89. The van der Waals surface area contributed by atoms with Gasteiger partial charge in [-0.25, -0.2) is 9.37 Å². The highest BCUT2D eigenvalue weighted by Crippen LogP contribution is 2.43. The number of nitrogens with two attached hydrogens (primary N) is 1. The Hall–Kier alpha value is -2.30. The van der Waals surface area contributed by atoms with Crippen molar-refractivity contribution in [1.29, 1.82) is 0 Å². The fraction of sp³-hybridized carbons (Fsp3) is 0.500. The van der Waals surface area contributed by atoms with Crippen LogP contribution in [-0.4, -0.2) is 62.2 Å². The first-order valence-corrected chi connectivity index (χ1v) is 7.29. The average molecular weight is 339 g/mol. The van der Waals surface area contributed by atoms with Gasteiger partial charge in [0.05, 0.1) is 17.6 Å². The van der Waals surface area contributed by atoms with Crippen molar-refractivity contribution < 1.29 is 24.1 Å². The van der Waals surface area contributed by atoms with E-state index >= 15 is 4.39 Å². The van der Waals surface area contributed by atoms with Gasteiger partial charge in [0.25, 0.3) is 5.91 Å². The largest absolute Gasteiger partial charge is 0.394 e. The number of halogens is 1. The summed E-state index contributed by atoms with van der Waals surface area (Å²) in [4.78, 5) is 19.9. The Kier molecular flexibility index (Phi) is 3.90. The second-order valence-corrected chi connectivity index (χ2v) is 5.80. The third-order valence-electron chi connectivity index (χ3n) is 4.21. The summed E-state index contributed by atoms with van der Waals surface area (Å²) in [7, 11) is 1.61. The highest BCUT2D eigenvalue weighted by atomic mass is 19.1. The van der Waals surface area contributed by atoms with E-state index in [1.54, 1.807) is 7.05 Å². The second kappa shape index (κ2) is 5.65. The van der Waals surface area contributed by atoms with Crippen LogP contribution in [0.2, 0.25) is 0 Å². The lowest BCUT2D eigenvalue weighted by molar-refractivity contribution is -0.0564. The Morgan fingerprint density at radius 3 is 2.88 bits per heavy atom. The number of hydrogen-bond acceptors (Lipinski definition) is 7. The van der Waals surface area contributed by atoms with E-state index in [0.717, 1.165) is 6.92 Å². The van der Waals surface area contributed by atoms with Crippen LogP contribution in [0, 0.1) is 0 Å². The molecule has 5 N–H and O–H groups in total. The van der Waals surface area contributed by atoms with Crippen molar-refractivity contribution in [3.63, 3.8) is 0 Å². The van der Waals surface area contributed by atoms with E-state index in [2.05, 4.69) is 15.3 Å². The zero-order valence-corrected chi connectivity index (χ0v) is 13.1. The molecule has 10 heteroatoms. The molecule has 130 valence electrons. The predicted molar refractivity (Wildman–Crippen MR) is 82.1 cm³/mol. The molecule has 0 aliphatic carbocycles. The van der Waals surface area contributed by atoms with Crippen molar-refractivity contribution in [1.82, 2.24) is 14.5 Å². The lowest BCUT2D eigenvalue weighted by Crippen LogP contribution is -2.40. The minimum absolute atomic E-state index is 0.106. The number of carbonyl (C=O) groups is 1. The molecule has 24 heavy (non-hydrogen) atoms. The van der Waals surface area contributed by atoms with Gasteiger partial charge in [-0.15, -0.1) is 0 Å². The quantitative estimate of drug-likeness (QED) is 0.592. The van der Waals surface area contributed by atoms with E-state index in [1.807, 2.05) is 0 Å². The maximum atomic E-state index is 15.0. The van der Waals surface area contributed by atoms with Crippen LogP contribution in [0.25, 0.3) is 11.0 Å². The maximum absolute atomic E-state index is 15.0. The number of nitrogens with zero attached hydrogens (tertiary/aromatic N) is 3. The molecular weight excluding hydrogens is 321 g/mol. The number of aliphatic hydroxyl groups excluding tert-OH is 2. The molecule has 2 aromatic heterocycles. The molecule has 3 heterocycles. The van der Waals surface area contributed by atoms with Gasteiger partial charge >= 0.3 is 0 Å². The number of carbonyl (C=O) groups excluding carboxylic acids is 1. The molecule has 1 amide bonds. The Balaban J connectivity index is 2.20. The molecule has 2 aromatic rings. The van der Waals surface area contributed by atoms with Crippen LogP contribution in [-0.2, 0) is 4.74 Å². The number of rotatable bonds is 4. The first kappa shape index (κ1) is 16.6. The number of anilines is 1. The van der Waals surface area contributed by atoms with Gasteiger partial charge in [-0.05, 0) is 6.92 Å². The third-order valence-corrected chi connectivity index (χ3v) is 4.21. The second-order valence-electron chi connectivity index (χ2n) is 5.80. The number of primary amides is 1. The van der Waals surface area contributed by atoms with Crippen molar-refractivity contribution in [2.24, 2.45) is 5.73 Å². The molecule has 4 atom stereocenters. The summed E-state index contributed by atoms with van der Waals surface area (Å²) in [6.07, 6.45) is -1.21. The standard InChI is InChI=1S/C14H18FN5O4/c1-14(15)9(22)8(5-21)24-12(14)20-4-7(10(16)23)6-3-18-13(17-2)19-11(6)20/h3-4,8-9,12,21-22H,5H2,1-2H3,(H2,16,23)(H,17,18,19)/t8?,9-,12+,14-/m1/s1. The number of nitrogens with one attached hydrogen (secondary N) is 1. The van der Waals surface area contributed by atoms with Crippen LogP contribution in [0.1, 0.15) is 23.5 Å². The predicted octanol–water partition coefficient (Wildman–Crippen LogP) is -0.449. The molecular formula is C14H18FN5O4. The third kappa shape index (κ3) is 2.30. The lowest BCUT2D eigenvalue weighted by atomic mass is 9.98. The van der Waals surface area contributed by atoms with Crippen LogP contribution in [0.4, 0.5) is 10.3 Å². The number of alkyl halides is 1. The van der Waals surface area contributed by atoms with Crippen molar-refractivity contribution >= 4 is 22.9 Å². The summed E-state index contributed by atoms with van der Waals surface area (Å²) in [6.45, 7) is 0.615. The topological polar surface area (TPSA) is 136 Å². The Labute approximate surface area is 136 Å². The number of aliphatic hydroxyl groups is 2. The Morgan fingerprint density at radius 1 is 1.62 bits per heavy atom. The first-order valence-electron chi connectivity index (χ1n) is 7.29. The molecule has 0 bridgehead atoms. The van der Waals surface area contributed by atoms with Gasteiger partial charge in [0.1, 0.15) is 17.9 Å². The van der Waals surface area contributed by atoms with Gasteiger partial charge in [0.15, 0.2) is 11.9 Å². The molecule has 0 spiro atoms. The van der Waals surface area contributed by atoms with E-state index < -0.39 is 36.6 Å². The summed E-state index contributed by atoms with van der Waals surface area (Å²) in [5, 5.41) is 22.4. The van der Waals surface area contributed by atoms with Crippen LogP contribution in [0.5, 0.6) is 0 Å². The molecule has 0 saturated carbocycles. The smallest absolute Gasteiger partial charge is 0.250 e. The van der Waals surface area contributed by atoms with Crippen LogP contribution in [0.15, 0.2) is 12.4 Å². The molecule has 1 fully saturated rings. The van der Waals surface area contributed by atoms with Gasteiger partial charge < -0.3 is 30.6 Å². The highest BCUT2D eigenvalue weighted by Gasteiger charge is 2.55. The van der Waals surface area contributed by atoms with Crippen molar-refractivity contribution in [3.8, 4) is 0 Å². The van der Waals surface area contributed by atoms with Crippen LogP contribution in [0.3, 0.4) is 0 Å². The van der Waals surface area contributed by atoms with Crippen molar-refractivity contribution in [3.05, 3.63) is 18.0 Å². The fourth-order valence-corrected chi connectivity index (χ4v) is 2.89. The molecule has 0 aromatic carbocycles. The van der Waals surface area contributed by atoms with Gasteiger partial charge in [-0.1, -0.05) is 0 Å². The summed E-state index contributed by atoms with van der Waals surface area (Å²) in [6, 6.07) is 0. The van der Waals surface area contributed by atoms with Crippen LogP contribution < -0.4 is 11.1 Å². The molecule has 1 aliphatic rings. The van der Waals surface area contributed by atoms with Crippen molar-refractivity contribution in [2.75, 3.05) is 19.0 Å². The SMILES string of the molecule is CNc1ncc2c(C(N)=O)cn([C@H]3OC(CO)[C@@H](O)[C@@]3(C)F)c2n1. The minimum atomic E-state index is -2.21. The highest BCUT2D eigenvalue weighted by molar-refractivity contribution is 6.05. The Morgan fingerprint density at radius 2 is 2.33 bits per heavy atom. The monoisotopic (exact) mass is 339 g/mol. The number of fused-ring (bicyclic) bond motifs is 1. The van der Waals surface area contributed by atoms with E-state index in [1.165, 1.54) is 17.0 Å². The minimum Gasteiger partial charge on any atom is -0.394 e. The van der Waals surface area contributed by atoms with E-state index in [-0.39, 0.29) is 17.2 Å². The lowest BCUT2D eigenvalue weighted by Gasteiger charge is -2.25. The summed E-state index contributed by atoms with van der Waals surface area (Å²) in [5.41, 5.74) is 3.48. The molecule has 1 saturated heterocycles. The number of aromatic nitrogens is 3. The summed E-state index contributed by atoms with van der Waals surface area (Å²) >= 11 is 0. The van der Waals surface area contributed by atoms with E-state index in [4.69, 9.17) is 10.5 Å². The van der Waals surface area contributed by atoms with Gasteiger partial charge in [0, 0.05) is 19.4 Å². The normalized spacial score (nSPS) is 30.0. The van der Waals surface area contributed by atoms with Gasteiger partial charge in [-0.2, -0.15) is 4.98 Å². The molecule has 9 nitrogen and oxygen atoms in total. The first-order chi connectivity index (χ1) is 11.3. The van der Waals surface area contributed by atoms with E-state index in [9.17, 15) is 15.0 Å². The summed E-state index contributed by atoms with van der Waals surface area (Å²) < 4.78 is 21.8. The van der Waals surface area contributed by atoms with Gasteiger partial charge in [-0.3, -0.25) is 4.79 Å². The Bertz CT molecular complexity index is 793. The molecule has 0 radical (unpaired) electrons. The number of hydrogen-bond donors (Lipinski definition) is 4. The number of amides is 1. The summed E-state index contributed by atoms with van der Waals surface area (Å²) in [5.74, 6) is -0.465.